The second-order valence-electron chi connectivity index (χ2n) is 7.12. The largest absolute Gasteiger partial charge is 0.481 e. The Morgan fingerprint density at radius 3 is 2.81 bits per heavy atom. The van der Waals surface area contributed by atoms with E-state index in [2.05, 4.69) is 15.0 Å². The lowest BCUT2D eigenvalue weighted by molar-refractivity contribution is -0.117. The zero-order valence-electron chi connectivity index (χ0n) is 17.2. The third-order valence-electron chi connectivity index (χ3n) is 5.09. The van der Waals surface area contributed by atoms with Gasteiger partial charge < -0.3 is 20.1 Å². The average Bonchev–Trinajstić information content (AvgIpc) is 3.20. The fraction of sp³-hybridized carbons (Fsp3) is 0.273. The van der Waals surface area contributed by atoms with Gasteiger partial charge in [0, 0.05) is 24.7 Å². The Hall–Kier alpha value is -3.75. The highest BCUT2D eigenvalue weighted by Crippen LogP contribution is 2.35. The van der Waals surface area contributed by atoms with Crippen LogP contribution in [-0.2, 0) is 4.79 Å². The monoisotopic (exact) mass is 423 g/mol. The molecule has 1 aliphatic heterocycles. The van der Waals surface area contributed by atoms with Crippen LogP contribution in [0.25, 0.3) is 11.3 Å². The zero-order chi connectivity index (χ0) is 22.0. The Kier molecular flexibility index (Phi) is 5.66. The van der Waals surface area contributed by atoms with Crippen LogP contribution >= 0.6 is 0 Å². The molecule has 2 N–H and O–H groups in total. The molecule has 0 bridgehead atoms. The van der Waals surface area contributed by atoms with Crippen LogP contribution in [0.5, 0.6) is 11.8 Å². The van der Waals surface area contributed by atoms with E-state index in [4.69, 9.17) is 15.2 Å². The Bertz CT molecular complexity index is 1120. The van der Waals surface area contributed by atoms with Gasteiger partial charge in [0.1, 0.15) is 11.9 Å². The molecule has 1 atom stereocenters. The number of pyridine rings is 1. The minimum Gasteiger partial charge on any atom is -0.481 e. The van der Waals surface area contributed by atoms with Crippen LogP contribution in [0.4, 0.5) is 15.9 Å². The van der Waals surface area contributed by atoms with Crippen molar-refractivity contribution in [1.29, 1.82) is 0 Å². The molecule has 9 heteroatoms. The summed E-state index contributed by atoms with van der Waals surface area (Å²) in [6.07, 6.45) is 3.71. The number of carbonyl (C=O) groups is 1. The van der Waals surface area contributed by atoms with Crippen LogP contribution in [0.3, 0.4) is 0 Å². The summed E-state index contributed by atoms with van der Waals surface area (Å²) in [4.78, 5) is 26.7. The summed E-state index contributed by atoms with van der Waals surface area (Å²) in [6, 6.07) is 7.84. The molecule has 2 aromatic heterocycles. The van der Waals surface area contributed by atoms with Crippen LogP contribution in [0.1, 0.15) is 31.4 Å². The van der Waals surface area contributed by atoms with Gasteiger partial charge in [0.15, 0.2) is 5.82 Å². The first-order valence-electron chi connectivity index (χ1n) is 9.86. The van der Waals surface area contributed by atoms with E-state index >= 15 is 0 Å². The number of anilines is 2. The summed E-state index contributed by atoms with van der Waals surface area (Å²) < 4.78 is 25.3. The minimum absolute atomic E-state index is 0.00466. The van der Waals surface area contributed by atoms with Gasteiger partial charge in [-0.2, -0.15) is 0 Å². The number of nitrogen functional groups attached to an aromatic ring is 1. The highest BCUT2D eigenvalue weighted by atomic mass is 19.1. The molecule has 1 unspecified atom stereocenters. The molecule has 1 amide bonds. The molecule has 0 saturated carbocycles. The lowest BCUT2D eigenvalue weighted by Crippen LogP contribution is -2.26. The van der Waals surface area contributed by atoms with Crippen LogP contribution in [-0.4, -0.2) is 34.5 Å². The number of hydrogen-bond donors (Lipinski definition) is 1. The van der Waals surface area contributed by atoms with Crippen LogP contribution < -0.4 is 20.1 Å². The fourth-order valence-electron chi connectivity index (χ4n) is 3.58. The highest BCUT2D eigenvalue weighted by molar-refractivity contribution is 5.96. The number of aromatic nitrogens is 3. The summed E-state index contributed by atoms with van der Waals surface area (Å²) in [5.74, 6) is 0.159. The van der Waals surface area contributed by atoms with E-state index in [1.54, 1.807) is 36.2 Å². The molecule has 160 valence electrons. The lowest BCUT2D eigenvalue weighted by Gasteiger charge is -2.24. The standard InChI is InChI=1S/C22H22FN5O3/c1-13(16-11-14(23)7-8-18(16)28-10-4-6-19(28)29)31-22-20(24)26-12-17(27-22)15-5-3-9-25-21(15)30-2/h3,5,7-9,11-13H,4,6,10H2,1-2H3,(H2,24,26). The van der Waals surface area contributed by atoms with Crippen molar-refractivity contribution in [2.24, 2.45) is 0 Å². The van der Waals surface area contributed by atoms with Gasteiger partial charge in [0.25, 0.3) is 5.88 Å². The number of nitrogens with two attached hydrogens (primary N) is 1. The number of rotatable bonds is 6. The maximum absolute atomic E-state index is 14.0. The van der Waals surface area contributed by atoms with Crippen molar-refractivity contribution in [2.75, 3.05) is 24.3 Å². The number of nitrogens with zero attached hydrogens (tertiary/aromatic N) is 4. The number of methoxy groups -OCH3 is 1. The zero-order valence-corrected chi connectivity index (χ0v) is 17.2. The second kappa shape index (κ2) is 8.55. The summed E-state index contributed by atoms with van der Waals surface area (Å²) in [5, 5.41) is 0. The van der Waals surface area contributed by atoms with E-state index in [-0.39, 0.29) is 17.6 Å². The molecule has 0 radical (unpaired) electrons. The molecule has 8 nitrogen and oxygen atoms in total. The van der Waals surface area contributed by atoms with E-state index in [0.29, 0.717) is 41.4 Å². The first-order valence-corrected chi connectivity index (χ1v) is 9.86. The number of ether oxygens (including phenoxy) is 2. The molecule has 1 saturated heterocycles. The molecule has 31 heavy (non-hydrogen) atoms. The van der Waals surface area contributed by atoms with E-state index in [1.165, 1.54) is 25.4 Å². The van der Waals surface area contributed by atoms with Crippen LogP contribution in [0, 0.1) is 5.82 Å². The van der Waals surface area contributed by atoms with Crippen molar-refractivity contribution >= 4 is 17.4 Å². The van der Waals surface area contributed by atoms with E-state index in [0.717, 1.165) is 6.42 Å². The molecule has 1 aliphatic rings. The Morgan fingerprint density at radius 2 is 2.06 bits per heavy atom. The minimum atomic E-state index is -0.637. The maximum atomic E-state index is 14.0. The molecule has 4 rings (SSSR count). The third-order valence-corrected chi connectivity index (χ3v) is 5.09. The van der Waals surface area contributed by atoms with Crippen LogP contribution in [0.2, 0.25) is 0 Å². The Morgan fingerprint density at radius 1 is 1.23 bits per heavy atom. The number of halogens is 1. The molecule has 0 spiro atoms. The molecule has 1 fully saturated rings. The lowest BCUT2D eigenvalue weighted by atomic mass is 10.1. The number of carbonyl (C=O) groups excluding carboxylic acids is 1. The number of amides is 1. The summed E-state index contributed by atoms with van der Waals surface area (Å²) >= 11 is 0. The fourth-order valence-corrected chi connectivity index (χ4v) is 3.58. The predicted molar refractivity (Wildman–Crippen MR) is 113 cm³/mol. The van der Waals surface area contributed by atoms with Gasteiger partial charge in [-0.1, -0.05) is 0 Å². The molecular weight excluding hydrogens is 401 g/mol. The summed E-state index contributed by atoms with van der Waals surface area (Å²) in [7, 11) is 1.52. The maximum Gasteiger partial charge on any atom is 0.258 e. The molecule has 3 aromatic rings. The van der Waals surface area contributed by atoms with Gasteiger partial charge in [-0.3, -0.25) is 4.79 Å². The van der Waals surface area contributed by atoms with E-state index in [1.807, 2.05) is 0 Å². The van der Waals surface area contributed by atoms with Crippen LogP contribution in [0.15, 0.2) is 42.7 Å². The quantitative estimate of drug-likeness (QED) is 0.647. The van der Waals surface area contributed by atoms with Gasteiger partial charge in [-0.05, 0) is 43.7 Å². The molecule has 1 aromatic carbocycles. The second-order valence-corrected chi connectivity index (χ2v) is 7.12. The number of hydrogen-bond acceptors (Lipinski definition) is 7. The SMILES string of the molecule is COc1ncccc1-c1cnc(N)c(OC(C)c2cc(F)ccc2N2CCCC2=O)n1. The smallest absolute Gasteiger partial charge is 0.258 e. The van der Waals surface area contributed by atoms with Gasteiger partial charge >= 0.3 is 0 Å². The normalized spacial score (nSPS) is 14.5. The van der Waals surface area contributed by atoms with Crippen molar-refractivity contribution in [1.82, 2.24) is 15.0 Å². The molecule has 3 heterocycles. The average molecular weight is 423 g/mol. The Labute approximate surface area is 178 Å². The molecular formula is C22H22FN5O3. The molecule has 0 aliphatic carbocycles. The predicted octanol–water partition coefficient (Wildman–Crippen LogP) is 3.54. The summed E-state index contributed by atoms with van der Waals surface area (Å²) in [6.45, 7) is 2.33. The van der Waals surface area contributed by atoms with E-state index < -0.39 is 11.9 Å². The van der Waals surface area contributed by atoms with Gasteiger partial charge in [-0.15, -0.1) is 0 Å². The van der Waals surface area contributed by atoms with Crippen molar-refractivity contribution in [3.05, 3.63) is 54.1 Å². The van der Waals surface area contributed by atoms with Gasteiger partial charge in [-0.25, -0.2) is 19.3 Å². The van der Waals surface area contributed by atoms with Crippen molar-refractivity contribution in [2.45, 2.75) is 25.9 Å². The number of benzene rings is 1. The first kappa shape index (κ1) is 20.5. The topological polar surface area (TPSA) is 103 Å². The van der Waals surface area contributed by atoms with Crippen molar-refractivity contribution < 1.29 is 18.7 Å². The van der Waals surface area contributed by atoms with Crippen molar-refractivity contribution in [3.8, 4) is 23.0 Å². The van der Waals surface area contributed by atoms with E-state index in [9.17, 15) is 9.18 Å². The Balaban J connectivity index is 1.67. The first-order chi connectivity index (χ1) is 15.0. The summed E-state index contributed by atoms with van der Waals surface area (Å²) in [5.41, 5.74) is 8.24. The van der Waals surface area contributed by atoms with Crippen molar-refractivity contribution in [3.63, 3.8) is 0 Å². The highest BCUT2D eigenvalue weighted by Gasteiger charge is 2.27. The van der Waals surface area contributed by atoms with Gasteiger partial charge in [0.05, 0.1) is 30.3 Å². The van der Waals surface area contributed by atoms with Gasteiger partial charge in [0.2, 0.25) is 11.8 Å². The third kappa shape index (κ3) is 4.11.